The standard InChI is InChI=1S/C22H25F3N2O3/c1-16(28)20-7-2-3-8-21(20)30-15-19(29)14-26-9-11-27(12-10-26)18-6-4-5-17(13-18)22(23,24)25/h2-8,13,19,29H,9-12,14-15H2,1H3/t19-/m1/s1. The van der Waals surface area contributed by atoms with E-state index in [1.165, 1.54) is 19.1 Å². The average Bonchev–Trinajstić information content (AvgIpc) is 2.72. The van der Waals surface area contributed by atoms with Gasteiger partial charge in [0.1, 0.15) is 18.5 Å². The molecule has 162 valence electrons. The second kappa shape index (κ2) is 9.49. The highest BCUT2D eigenvalue weighted by Crippen LogP contribution is 2.31. The minimum Gasteiger partial charge on any atom is -0.490 e. The number of hydrogen-bond donors (Lipinski definition) is 1. The van der Waals surface area contributed by atoms with Crippen LogP contribution in [0.1, 0.15) is 22.8 Å². The number of piperazine rings is 1. The molecule has 2 aromatic rings. The quantitative estimate of drug-likeness (QED) is 0.693. The summed E-state index contributed by atoms with van der Waals surface area (Å²) in [6, 6.07) is 12.2. The zero-order valence-corrected chi connectivity index (χ0v) is 16.7. The summed E-state index contributed by atoms with van der Waals surface area (Å²) in [5, 5.41) is 10.3. The summed E-state index contributed by atoms with van der Waals surface area (Å²) >= 11 is 0. The first-order chi connectivity index (χ1) is 14.2. The van der Waals surface area contributed by atoms with E-state index in [0.717, 1.165) is 6.07 Å². The molecule has 1 aliphatic heterocycles. The molecule has 0 spiro atoms. The monoisotopic (exact) mass is 422 g/mol. The molecule has 0 saturated carbocycles. The first kappa shape index (κ1) is 22.1. The van der Waals surface area contributed by atoms with Crippen molar-refractivity contribution in [3.8, 4) is 5.75 Å². The van der Waals surface area contributed by atoms with Crippen molar-refractivity contribution in [2.45, 2.75) is 19.2 Å². The zero-order valence-electron chi connectivity index (χ0n) is 16.7. The van der Waals surface area contributed by atoms with E-state index in [9.17, 15) is 23.1 Å². The Morgan fingerprint density at radius 2 is 1.80 bits per heavy atom. The van der Waals surface area contributed by atoms with Crippen molar-refractivity contribution >= 4 is 11.5 Å². The number of β-amino-alcohol motifs (C(OH)–C–C–N with tert-alkyl or cyclic N) is 1. The fraction of sp³-hybridized carbons (Fsp3) is 0.409. The number of aliphatic hydroxyl groups is 1. The maximum atomic E-state index is 12.9. The van der Waals surface area contributed by atoms with Crippen LogP contribution in [0.5, 0.6) is 5.75 Å². The van der Waals surface area contributed by atoms with Gasteiger partial charge in [-0.25, -0.2) is 0 Å². The predicted octanol–water partition coefficient (Wildman–Crippen LogP) is 3.47. The number of hydrogen-bond acceptors (Lipinski definition) is 5. The third kappa shape index (κ3) is 5.73. The van der Waals surface area contributed by atoms with Crippen molar-refractivity contribution in [3.05, 3.63) is 59.7 Å². The van der Waals surface area contributed by atoms with E-state index in [1.54, 1.807) is 30.3 Å². The molecule has 1 N–H and O–H groups in total. The molecule has 0 bridgehead atoms. The summed E-state index contributed by atoms with van der Waals surface area (Å²) in [4.78, 5) is 15.6. The van der Waals surface area contributed by atoms with Gasteiger partial charge in [-0.05, 0) is 37.3 Å². The van der Waals surface area contributed by atoms with Crippen LogP contribution in [0, 0.1) is 0 Å². The Labute approximate surface area is 173 Å². The SMILES string of the molecule is CC(=O)c1ccccc1OC[C@H](O)CN1CCN(c2cccc(C(F)(F)F)c2)CC1. The minimum atomic E-state index is -4.36. The third-order valence-corrected chi connectivity index (χ3v) is 5.08. The van der Waals surface area contributed by atoms with Crippen molar-refractivity contribution in [2.24, 2.45) is 0 Å². The molecule has 30 heavy (non-hydrogen) atoms. The topological polar surface area (TPSA) is 53.0 Å². The summed E-state index contributed by atoms with van der Waals surface area (Å²) in [6.45, 7) is 4.29. The Kier molecular flexibility index (Phi) is 6.99. The van der Waals surface area contributed by atoms with Crippen LogP contribution in [0.2, 0.25) is 0 Å². The van der Waals surface area contributed by atoms with Gasteiger partial charge in [0.05, 0.1) is 11.1 Å². The van der Waals surface area contributed by atoms with E-state index in [-0.39, 0.29) is 12.4 Å². The number of rotatable bonds is 7. The highest BCUT2D eigenvalue weighted by molar-refractivity contribution is 5.96. The fourth-order valence-electron chi connectivity index (χ4n) is 3.49. The first-order valence-corrected chi connectivity index (χ1v) is 9.79. The summed E-state index contributed by atoms with van der Waals surface area (Å²) in [6.07, 6.45) is -5.10. The van der Waals surface area contributed by atoms with Crippen LogP contribution in [-0.2, 0) is 6.18 Å². The van der Waals surface area contributed by atoms with Crippen LogP contribution in [0.4, 0.5) is 18.9 Å². The van der Waals surface area contributed by atoms with E-state index in [2.05, 4.69) is 4.90 Å². The normalized spacial score (nSPS) is 16.4. The number of carbonyl (C=O) groups excluding carboxylic acids is 1. The molecular formula is C22H25F3N2O3. The van der Waals surface area contributed by atoms with Gasteiger partial charge in [-0.15, -0.1) is 0 Å². The Morgan fingerprint density at radius 1 is 1.10 bits per heavy atom. The number of aliphatic hydroxyl groups excluding tert-OH is 1. The molecule has 1 heterocycles. The van der Waals surface area contributed by atoms with Crippen LogP contribution in [0.3, 0.4) is 0 Å². The molecule has 1 saturated heterocycles. The minimum absolute atomic E-state index is 0.0537. The average molecular weight is 422 g/mol. The van der Waals surface area contributed by atoms with Gasteiger partial charge in [0.25, 0.3) is 0 Å². The smallest absolute Gasteiger partial charge is 0.416 e. The maximum absolute atomic E-state index is 12.9. The fourth-order valence-corrected chi connectivity index (χ4v) is 3.49. The number of benzene rings is 2. The van der Waals surface area contributed by atoms with Gasteiger partial charge in [-0.2, -0.15) is 13.2 Å². The molecular weight excluding hydrogens is 397 g/mol. The molecule has 5 nitrogen and oxygen atoms in total. The van der Waals surface area contributed by atoms with Crippen molar-refractivity contribution in [3.63, 3.8) is 0 Å². The van der Waals surface area contributed by atoms with E-state index >= 15 is 0 Å². The molecule has 0 unspecified atom stereocenters. The molecule has 0 aliphatic carbocycles. The van der Waals surface area contributed by atoms with Crippen molar-refractivity contribution < 1.29 is 27.8 Å². The van der Waals surface area contributed by atoms with Gasteiger partial charge < -0.3 is 14.7 Å². The number of ether oxygens (including phenoxy) is 1. The summed E-state index contributed by atoms with van der Waals surface area (Å²) in [7, 11) is 0. The number of Topliss-reactive ketones (excluding diaryl/α,β-unsaturated/α-hetero) is 1. The van der Waals surface area contributed by atoms with E-state index in [0.29, 0.717) is 49.7 Å². The van der Waals surface area contributed by atoms with Crippen molar-refractivity contribution in [1.82, 2.24) is 4.90 Å². The molecule has 1 fully saturated rings. The zero-order chi connectivity index (χ0) is 21.7. The van der Waals surface area contributed by atoms with Gasteiger partial charge in [-0.1, -0.05) is 18.2 Å². The lowest BCUT2D eigenvalue weighted by Gasteiger charge is -2.37. The summed E-state index contributed by atoms with van der Waals surface area (Å²) < 4.78 is 44.4. The van der Waals surface area contributed by atoms with Crippen LogP contribution < -0.4 is 9.64 Å². The highest BCUT2D eigenvalue weighted by Gasteiger charge is 2.31. The van der Waals surface area contributed by atoms with E-state index in [1.807, 2.05) is 4.90 Å². The van der Waals surface area contributed by atoms with E-state index < -0.39 is 17.8 Å². The summed E-state index contributed by atoms with van der Waals surface area (Å²) in [5.74, 6) is 0.337. The van der Waals surface area contributed by atoms with Gasteiger partial charge in [-0.3, -0.25) is 9.69 Å². The number of carbonyl (C=O) groups is 1. The Morgan fingerprint density at radius 3 is 2.47 bits per heavy atom. The number of ketones is 1. The number of halogens is 3. The van der Waals surface area contributed by atoms with Gasteiger partial charge in [0.2, 0.25) is 0 Å². The van der Waals surface area contributed by atoms with E-state index in [4.69, 9.17) is 4.74 Å². The predicted molar refractivity (Wildman–Crippen MR) is 108 cm³/mol. The number of alkyl halides is 3. The molecule has 3 rings (SSSR count). The first-order valence-electron chi connectivity index (χ1n) is 9.79. The largest absolute Gasteiger partial charge is 0.490 e. The lowest BCUT2D eigenvalue weighted by Crippen LogP contribution is -2.49. The highest BCUT2D eigenvalue weighted by atomic mass is 19.4. The third-order valence-electron chi connectivity index (χ3n) is 5.08. The van der Waals surface area contributed by atoms with Crippen molar-refractivity contribution in [2.75, 3.05) is 44.2 Å². The van der Waals surface area contributed by atoms with Gasteiger partial charge >= 0.3 is 6.18 Å². The number of anilines is 1. The molecule has 1 aliphatic rings. The Bertz CT molecular complexity index is 865. The number of para-hydroxylation sites is 1. The lowest BCUT2D eigenvalue weighted by molar-refractivity contribution is -0.137. The van der Waals surface area contributed by atoms with Crippen LogP contribution in [0.15, 0.2) is 48.5 Å². The van der Waals surface area contributed by atoms with Crippen LogP contribution in [-0.4, -0.2) is 61.2 Å². The Hall–Kier alpha value is -2.58. The second-order valence-electron chi connectivity index (χ2n) is 7.35. The molecule has 1 atom stereocenters. The molecule has 8 heteroatoms. The molecule has 2 aromatic carbocycles. The Balaban J connectivity index is 1.49. The second-order valence-corrected chi connectivity index (χ2v) is 7.35. The maximum Gasteiger partial charge on any atom is 0.416 e. The van der Waals surface area contributed by atoms with Crippen molar-refractivity contribution in [1.29, 1.82) is 0 Å². The molecule has 0 radical (unpaired) electrons. The van der Waals surface area contributed by atoms with Crippen LogP contribution >= 0.6 is 0 Å². The molecule has 0 aromatic heterocycles. The molecule has 0 amide bonds. The van der Waals surface area contributed by atoms with Gasteiger partial charge in [0.15, 0.2) is 5.78 Å². The van der Waals surface area contributed by atoms with Gasteiger partial charge in [0, 0.05) is 38.4 Å². The number of nitrogens with zero attached hydrogens (tertiary/aromatic N) is 2. The summed E-state index contributed by atoms with van der Waals surface area (Å²) in [5.41, 5.74) is 0.370. The lowest BCUT2D eigenvalue weighted by atomic mass is 10.1. The van der Waals surface area contributed by atoms with Crippen LogP contribution in [0.25, 0.3) is 0 Å².